The van der Waals surface area contributed by atoms with Crippen molar-refractivity contribution in [2.75, 3.05) is 11.1 Å². The van der Waals surface area contributed by atoms with Crippen LogP contribution in [0.15, 0.2) is 84.1 Å². The second-order valence-electron chi connectivity index (χ2n) is 7.46. The molecule has 0 aliphatic carbocycles. The number of carbonyl (C=O) groups is 1. The molecule has 0 bridgehead atoms. The summed E-state index contributed by atoms with van der Waals surface area (Å²) in [5.74, 6) is 1.28. The summed E-state index contributed by atoms with van der Waals surface area (Å²) in [6, 6.07) is 23.6. The molecule has 1 amide bonds. The molecule has 2 aromatic heterocycles. The summed E-state index contributed by atoms with van der Waals surface area (Å²) in [4.78, 5) is 17.0. The van der Waals surface area contributed by atoms with Gasteiger partial charge in [0.25, 0.3) is 0 Å². The standard InChI is InChI=1S/C25H25N5OS/c1-3-18(2)19-12-14-20(15-13-19)27-23(31)17-32-25-29-28-24(22-11-7-8-16-26-22)30(25)21-9-5-4-6-10-21/h4-16,18H,3,17H2,1-2H3,(H,27,31)/t18-/m0/s1. The Morgan fingerprint density at radius 3 is 2.44 bits per heavy atom. The van der Waals surface area contributed by atoms with Crippen molar-refractivity contribution in [2.45, 2.75) is 31.3 Å². The van der Waals surface area contributed by atoms with Crippen LogP contribution in [0.3, 0.4) is 0 Å². The number of amides is 1. The first kappa shape index (κ1) is 21.8. The zero-order chi connectivity index (χ0) is 22.3. The van der Waals surface area contributed by atoms with Crippen LogP contribution >= 0.6 is 11.8 Å². The van der Waals surface area contributed by atoms with Crippen molar-refractivity contribution in [3.05, 3.63) is 84.6 Å². The van der Waals surface area contributed by atoms with E-state index in [1.165, 1.54) is 17.3 Å². The molecule has 0 saturated carbocycles. The Balaban J connectivity index is 1.50. The highest BCUT2D eigenvalue weighted by atomic mass is 32.2. The highest BCUT2D eigenvalue weighted by molar-refractivity contribution is 7.99. The first-order valence-electron chi connectivity index (χ1n) is 10.6. The molecule has 6 nitrogen and oxygen atoms in total. The van der Waals surface area contributed by atoms with Gasteiger partial charge in [-0.15, -0.1) is 10.2 Å². The molecule has 0 unspecified atom stereocenters. The minimum Gasteiger partial charge on any atom is -0.325 e. The third-order valence-corrected chi connectivity index (χ3v) is 6.18. The van der Waals surface area contributed by atoms with E-state index >= 15 is 0 Å². The Labute approximate surface area is 192 Å². The fraction of sp³-hybridized carbons (Fsp3) is 0.200. The van der Waals surface area contributed by atoms with Crippen molar-refractivity contribution in [2.24, 2.45) is 0 Å². The van der Waals surface area contributed by atoms with Gasteiger partial charge in [0.05, 0.1) is 5.75 Å². The van der Waals surface area contributed by atoms with E-state index in [1.54, 1.807) is 6.20 Å². The van der Waals surface area contributed by atoms with Crippen molar-refractivity contribution < 1.29 is 4.79 Å². The molecule has 0 aliphatic rings. The third kappa shape index (κ3) is 5.06. The van der Waals surface area contributed by atoms with Crippen molar-refractivity contribution >= 4 is 23.4 Å². The lowest BCUT2D eigenvalue weighted by atomic mass is 9.99. The number of hydrogen-bond donors (Lipinski definition) is 1. The summed E-state index contributed by atoms with van der Waals surface area (Å²) in [6.07, 6.45) is 2.82. The topological polar surface area (TPSA) is 72.7 Å². The summed E-state index contributed by atoms with van der Waals surface area (Å²) >= 11 is 1.35. The Morgan fingerprint density at radius 1 is 1.00 bits per heavy atom. The molecule has 2 aromatic carbocycles. The molecule has 0 saturated heterocycles. The number of nitrogens with zero attached hydrogens (tertiary/aromatic N) is 4. The Bertz CT molecular complexity index is 1160. The van der Waals surface area contributed by atoms with Crippen LogP contribution in [-0.2, 0) is 4.79 Å². The van der Waals surface area contributed by atoms with Gasteiger partial charge in [-0.3, -0.25) is 14.3 Å². The number of para-hydroxylation sites is 1. The molecule has 0 spiro atoms. The average molecular weight is 444 g/mol. The lowest BCUT2D eigenvalue weighted by molar-refractivity contribution is -0.113. The van der Waals surface area contributed by atoms with Crippen molar-refractivity contribution in [1.29, 1.82) is 0 Å². The molecule has 1 atom stereocenters. The van der Waals surface area contributed by atoms with Gasteiger partial charge in [0.15, 0.2) is 11.0 Å². The molecule has 4 aromatic rings. The molecule has 162 valence electrons. The van der Waals surface area contributed by atoms with Gasteiger partial charge >= 0.3 is 0 Å². The number of nitrogens with one attached hydrogen (secondary N) is 1. The van der Waals surface area contributed by atoms with Crippen molar-refractivity contribution in [1.82, 2.24) is 19.7 Å². The van der Waals surface area contributed by atoms with Crippen LogP contribution in [-0.4, -0.2) is 31.4 Å². The zero-order valence-corrected chi connectivity index (χ0v) is 18.9. The minimum absolute atomic E-state index is 0.0895. The van der Waals surface area contributed by atoms with Gasteiger partial charge in [0.2, 0.25) is 5.91 Å². The number of aromatic nitrogens is 4. The average Bonchev–Trinajstić information content (AvgIpc) is 3.28. The smallest absolute Gasteiger partial charge is 0.234 e. The van der Waals surface area contributed by atoms with E-state index in [1.807, 2.05) is 65.2 Å². The highest BCUT2D eigenvalue weighted by Crippen LogP contribution is 2.27. The SMILES string of the molecule is CC[C@H](C)c1ccc(NC(=O)CSc2nnc(-c3ccccn3)n2-c2ccccc2)cc1. The predicted molar refractivity (Wildman–Crippen MR) is 129 cm³/mol. The summed E-state index contributed by atoms with van der Waals surface area (Å²) < 4.78 is 1.93. The van der Waals surface area contributed by atoms with E-state index in [4.69, 9.17) is 0 Å². The van der Waals surface area contributed by atoms with Gasteiger partial charge < -0.3 is 5.32 Å². The van der Waals surface area contributed by atoms with E-state index in [-0.39, 0.29) is 11.7 Å². The normalized spacial score (nSPS) is 11.8. The fourth-order valence-electron chi connectivity index (χ4n) is 3.29. The molecule has 7 heteroatoms. The molecular formula is C25H25N5OS. The summed E-state index contributed by atoms with van der Waals surface area (Å²) in [7, 11) is 0. The first-order valence-corrected chi connectivity index (χ1v) is 11.6. The monoisotopic (exact) mass is 443 g/mol. The number of hydrogen-bond acceptors (Lipinski definition) is 5. The van der Waals surface area contributed by atoms with Crippen LogP contribution in [0.4, 0.5) is 5.69 Å². The first-order chi connectivity index (χ1) is 15.7. The number of thioether (sulfide) groups is 1. The largest absolute Gasteiger partial charge is 0.325 e. The van der Waals surface area contributed by atoms with Crippen LogP contribution in [0.1, 0.15) is 31.7 Å². The fourth-order valence-corrected chi connectivity index (χ4v) is 4.04. The van der Waals surface area contributed by atoms with Crippen LogP contribution in [0.5, 0.6) is 0 Å². The van der Waals surface area contributed by atoms with E-state index in [0.717, 1.165) is 23.5 Å². The second-order valence-corrected chi connectivity index (χ2v) is 8.40. The number of carbonyl (C=O) groups excluding carboxylic acids is 1. The van der Waals surface area contributed by atoms with Crippen LogP contribution in [0, 0.1) is 0 Å². The van der Waals surface area contributed by atoms with Gasteiger partial charge in [-0.1, -0.05) is 62.0 Å². The maximum absolute atomic E-state index is 12.6. The Hall–Kier alpha value is -3.45. The van der Waals surface area contributed by atoms with E-state index in [2.05, 4.69) is 46.5 Å². The molecule has 0 aliphatic heterocycles. The third-order valence-electron chi connectivity index (χ3n) is 5.25. The van der Waals surface area contributed by atoms with E-state index in [0.29, 0.717) is 16.9 Å². The molecule has 1 N–H and O–H groups in total. The van der Waals surface area contributed by atoms with Crippen molar-refractivity contribution in [3.63, 3.8) is 0 Å². The predicted octanol–water partition coefficient (Wildman–Crippen LogP) is 5.57. The van der Waals surface area contributed by atoms with Crippen molar-refractivity contribution in [3.8, 4) is 17.2 Å². The number of rotatable bonds is 8. The lowest BCUT2D eigenvalue weighted by Gasteiger charge is -2.11. The highest BCUT2D eigenvalue weighted by Gasteiger charge is 2.18. The number of benzene rings is 2. The van der Waals surface area contributed by atoms with Crippen LogP contribution in [0.25, 0.3) is 17.2 Å². The minimum atomic E-state index is -0.0895. The maximum Gasteiger partial charge on any atom is 0.234 e. The molecule has 4 rings (SSSR count). The molecule has 32 heavy (non-hydrogen) atoms. The van der Waals surface area contributed by atoms with Gasteiger partial charge in [-0.25, -0.2) is 0 Å². The number of anilines is 1. The maximum atomic E-state index is 12.6. The number of pyridine rings is 1. The molecular weight excluding hydrogens is 418 g/mol. The van der Waals surface area contributed by atoms with Crippen LogP contribution in [0.2, 0.25) is 0 Å². The molecule has 0 fully saturated rings. The van der Waals surface area contributed by atoms with Gasteiger partial charge in [0, 0.05) is 17.6 Å². The van der Waals surface area contributed by atoms with Gasteiger partial charge in [-0.05, 0) is 54.3 Å². The Kier molecular flexibility index (Phi) is 6.97. The summed E-state index contributed by atoms with van der Waals surface area (Å²) in [5, 5.41) is 12.3. The molecule has 2 heterocycles. The lowest BCUT2D eigenvalue weighted by Crippen LogP contribution is -2.14. The van der Waals surface area contributed by atoms with E-state index < -0.39 is 0 Å². The van der Waals surface area contributed by atoms with Crippen LogP contribution < -0.4 is 5.32 Å². The summed E-state index contributed by atoms with van der Waals surface area (Å²) in [5.41, 5.74) is 3.71. The summed E-state index contributed by atoms with van der Waals surface area (Å²) in [6.45, 7) is 4.37. The van der Waals surface area contributed by atoms with Gasteiger partial charge in [-0.2, -0.15) is 0 Å². The quantitative estimate of drug-likeness (QED) is 0.360. The van der Waals surface area contributed by atoms with Gasteiger partial charge in [0.1, 0.15) is 5.69 Å². The zero-order valence-electron chi connectivity index (χ0n) is 18.1. The molecule has 0 radical (unpaired) electrons. The van der Waals surface area contributed by atoms with E-state index in [9.17, 15) is 4.79 Å². The Morgan fingerprint density at radius 2 is 1.75 bits per heavy atom. The second kappa shape index (κ2) is 10.2.